The Labute approximate surface area is 131 Å². The number of carbonyl (C=O) groups is 1. The minimum atomic E-state index is -0.249. The first-order valence-corrected chi connectivity index (χ1v) is 7.64. The van der Waals surface area contributed by atoms with Crippen molar-refractivity contribution in [3.05, 3.63) is 77.7 Å². The lowest BCUT2D eigenvalue weighted by molar-refractivity contribution is 0.0937. The van der Waals surface area contributed by atoms with Crippen LogP contribution in [-0.2, 0) is 11.2 Å². The molecule has 3 heteroatoms. The van der Waals surface area contributed by atoms with Crippen molar-refractivity contribution in [3.63, 3.8) is 0 Å². The summed E-state index contributed by atoms with van der Waals surface area (Å²) >= 11 is 0. The molecule has 1 aliphatic heterocycles. The Hall–Kier alpha value is -2.42. The van der Waals surface area contributed by atoms with Crippen LogP contribution in [0.4, 0.5) is 4.79 Å². The molecular weight excluding hydrogens is 274 g/mol. The molecule has 0 saturated carbocycles. The summed E-state index contributed by atoms with van der Waals surface area (Å²) in [5.41, 5.74) is 4.54. The van der Waals surface area contributed by atoms with Crippen LogP contribution in [0.3, 0.4) is 0 Å². The maximum absolute atomic E-state index is 12.3. The summed E-state index contributed by atoms with van der Waals surface area (Å²) in [6, 6.07) is 16.3. The molecule has 1 amide bonds. The van der Waals surface area contributed by atoms with Crippen LogP contribution in [0.5, 0.6) is 0 Å². The van der Waals surface area contributed by atoms with E-state index in [-0.39, 0.29) is 12.1 Å². The van der Waals surface area contributed by atoms with Crippen molar-refractivity contribution in [2.75, 3.05) is 13.2 Å². The van der Waals surface area contributed by atoms with Gasteiger partial charge in [0.1, 0.15) is 0 Å². The van der Waals surface area contributed by atoms with Crippen molar-refractivity contribution in [1.82, 2.24) is 4.90 Å². The second-order valence-electron chi connectivity index (χ2n) is 5.49. The SMILES string of the molecule is [CH2-]c1ccc(C2c3ccccc3CCN2C(=O)OCC)cc1. The third-order valence-corrected chi connectivity index (χ3v) is 4.08. The quantitative estimate of drug-likeness (QED) is 0.784. The highest BCUT2D eigenvalue weighted by Crippen LogP contribution is 2.35. The first-order chi connectivity index (χ1) is 10.7. The van der Waals surface area contributed by atoms with E-state index >= 15 is 0 Å². The highest BCUT2D eigenvalue weighted by Gasteiger charge is 2.32. The van der Waals surface area contributed by atoms with Crippen molar-refractivity contribution in [3.8, 4) is 0 Å². The van der Waals surface area contributed by atoms with Gasteiger partial charge in [-0.25, -0.2) is 4.79 Å². The monoisotopic (exact) mass is 294 g/mol. The molecule has 1 unspecified atom stereocenters. The highest BCUT2D eigenvalue weighted by atomic mass is 16.6. The number of carbonyl (C=O) groups excluding carboxylic acids is 1. The van der Waals surface area contributed by atoms with Gasteiger partial charge in [0, 0.05) is 6.54 Å². The number of ether oxygens (including phenoxy) is 1. The van der Waals surface area contributed by atoms with E-state index in [1.807, 2.05) is 42.2 Å². The first-order valence-electron chi connectivity index (χ1n) is 7.64. The Morgan fingerprint density at radius 1 is 1.23 bits per heavy atom. The molecule has 1 aliphatic rings. The molecule has 0 aromatic heterocycles. The van der Waals surface area contributed by atoms with Crippen molar-refractivity contribution < 1.29 is 9.53 Å². The van der Waals surface area contributed by atoms with Gasteiger partial charge in [-0.3, -0.25) is 4.90 Å². The minimum Gasteiger partial charge on any atom is -0.450 e. The maximum atomic E-state index is 12.3. The van der Waals surface area contributed by atoms with Gasteiger partial charge in [-0.05, 0) is 30.0 Å². The van der Waals surface area contributed by atoms with Gasteiger partial charge < -0.3 is 4.74 Å². The molecule has 0 fully saturated rings. The van der Waals surface area contributed by atoms with Crippen molar-refractivity contribution in [2.45, 2.75) is 19.4 Å². The van der Waals surface area contributed by atoms with Crippen molar-refractivity contribution in [2.24, 2.45) is 0 Å². The lowest BCUT2D eigenvalue weighted by Gasteiger charge is -2.37. The second-order valence-corrected chi connectivity index (χ2v) is 5.49. The van der Waals surface area contributed by atoms with E-state index in [1.165, 1.54) is 11.1 Å². The van der Waals surface area contributed by atoms with Crippen LogP contribution >= 0.6 is 0 Å². The topological polar surface area (TPSA) is 29.5 Å². The minimum absolute atomic E-state index is 0.0930. The molecule has 0 saturated heterocycles. The fourth-order valence-electron chi connectivity index (χ4n) is 3.03. The number of nitrogens with zero attached hydrogens (tertiary/aromatic N) is 1. The second kappa shape index (κ2) is 6.14. The lowest BCUT2D eigenvalue weighted by Crippen LogP contribution is -2.40. The maximum Gasteiger partial charge on any atom is 0.410 e. The van der Waals surface area contributed by atoms with Crippen LogP contribution in [0.25, 0.3) is 0 Å². The van der Waals surface area contributed by atoms with Gasteiger partial charge in [0.25, 0.3) is 0 Å². The molecule has 2 aromatic rings. The van der Waals surface area contributed by atoms with E-state index in [0.717, 1.165) is 17.5 Å². The van der Waals surface area contributed by atoms with Gasteiger partial charge in [-0.1, -0.05) is 24.3 Å². The fourth-order valence-corrected chi connectivity index (χ4v) is 3.03. The van der Waals surface area contributed by atoms with Gasteiger partial charge in [0.05, 0.1) is 12.6 Å². The molecule has 114 valence electrons. The summed E-state index contributed by atoms with van der Waals surface area (Å²) in [7, 11) is 0. The summed E-state index contributed by atoms with van der Waals surface area (Å²) in [6.07, 6.45) is 0.611. The molecule has 0 N–H and O–H groups in total. The fraction of sp³-hybridized carbons (Fsp3) is 0.263. The molecule has 1 heterocycles. The Bertz CT molecular complexity index is 663. The van der Waals surface area contributed by atoms with E-state index in [4.69, 9.17) is 4.74 Å². The zero-order valence-corrected chi connectivity index (χ0v) is 12.8. The van der Waals surface area contributed by atoms with Gasteiger partial charge in [0.15, 0.2) is 0 Å². The average Bonchev–Trinajstić information content (AvgIpc) is 2.55. The smallest absolute Gasteiger partial charge is 0.410 e. The number of hydrogen-bond acceptors (Lipinski definition) is 2. The van der Waals surface area contributed by atoms with Crippen LogP contribution in [0.1, 0.15) is 35.2 Å². The van der Waals surface area contributed by atoms with Crippen LogP contribution < -0.4 is 0 Å². The van der Waals surface area contributed by atoms with Crippen LogP contribution in [0, 0.1) is 6.92 Å². The Morgan fingerprint density at radius 3 is 2.68 bits per heavy atom. The number of hydrogen-bond donors (Lipinski definition) is 0. The molecule has 0 spiro atoms. The Balaban J connectivity index is 2.05. The predicted octanol–water partition coefficient (Wildman–Crippen LogP) is 3.97. The molecule has 3 nitrogen and oxygen atoms in total. The van der Waals surface area contributed by atoms with Gasteiger partial charge >= 0.3 is 6.09 Å². The third kappa shape index (κ3) is 2.67. The van der Waals surface area contributed by atoms with E-state index in [9.17, 15) is 4.79 Å². The summed E-state index contributed by atoms with van der Waals surface area (Å²) in [5.74, 6) is 0. The number of amides is 1. The summed E-state index contributed by atoms with van der Waals surface area (Å²) in [4.78, 5) is 14.2. The first kappa shape index (κ1) is 14.5. The molecular formula is C19H20NO2-. The standard InChI is InChI=1S/C19H20NO2/c1-3-22-19(21)20-13-12-15-6-4-5-7-17(15)18(20)16-10-8-14(2)9-11-16/h4-11,18H,2-3,12-13H2,1H3/q-1. The zero-order chi connectivity index (χ0) is 15.5. The molecule has 0 bridgehead atoms. The van der Waals surface area contributed by atoms with E-state index in [2.05, 4.69) is 25.1 Å². The van der Waals surface area contributed by atoms with Crippen molar-refractivity contribution in [1.29, 1.82) is 0 Å². The molecule has 2 aromatic carbocycles. The number of fused-ring (bicyclic) bond motifs is 1. The summed E-state index contributed by atoms with van der Waals surface area (Å²) in [6.45, 7) is 6.83. The average molecular weight is 294 g/mol. The largest absolute Gasteiger partial charge is 0.450 e. The summed E-state index contributed by atoms with van der Waals surface area (Å²) in [5, 5.41) is 0. The molecule has 1 atom stereocenters. The molecule has 3 rings (SSSR count). The van der Waals surface area contributed by atoms with Crippen LogP contribution in [-0.4, -0.2) is 24.1 Å². The zero-order valence-electron chi connectivity index (χ0n) is 12.8. The molecule has 22 heavy (non-hydrogen) atoms. The van der Waals surface area contributed by atoms with E-state index in [1.54, 1.807) is 0 Å². The van der Waals surface area contributed by atoms with E-state index in [0.29, 0.717) is 13.2 Å². The van der Waals surface area contributed by atoms with Gasteiger partial charge in [-0.15, -0.1) is 12.1 Å². The van der Waals surface area contributed by atoms with E-state index < -0.39 is 0 Å². The van der Waals surface area contributed by atoms with Crippen LogP contribution in [0.15, 0.2) is 48.5 Å². The predicted molar refractivity (Wildman–Crippen MR) is 86.6 cm³/mol. The lowest BCUT2D eigenvalue weighted by atomic mass is 9.88. The number of rotatable bonds is 2. The normalized spacial score (nSPS) is 17.0. The summed E-state index contributed by atoms with van der Waals surface area (Å²) < 4.78 is 5.25. The molecule has 0 radical (unpaired) electrons. The van der Waals surface area contributed by atoms with Gasteiger partial charge in [-0.2, -0.15) is 24.6 Å². The number of benzene rings is 2. The Morgan fingerprint density at radius 2 is 1.95 bits per heavy atom. The van der Waals surface area contributed by atoms with Crippen molar-refractivity contribution >= 4 is 6.09 Å². The highest BCUT2D eigenvalue weighted by molar-refractivity contribution is 5.70. The third-order valence-electron chi connectivity index (χ3n) is 4.08. The van der Waals surface area contributed by atoms with Gasteiger partial charge in [0.2, 0.25) is 0 Å². The Kier molecular flexibility index (Phi) is 4.05. The van der Waals surface area contributed by atoms with Crippen LogP contribution in [0.2, 0.25) is 0 Å². The molecule has 0 aliphatic carbocycles.